The monoisotopic (exact) mass is 219 g/mol. The summed E-state index contributed by atoms with van der Waals surface area (Å²) in [7, 11) is 0. The second-order valence-corrected chi connectivity index (χ2v) is 3.50. The van der Waals surface area contributed by atoms with Crippen LogP contribution < -0.4 is 5.73 Å². The molecule has 1 aromatic carbocycles. The third-order valence-corrected chi connectivity index (χ3v) is 2.24. The standard InChI is InChI=1S/C10H12ClF2N/c11-9-3-1-2-7(10(9)13)6-8(12)4-5-14/h1-3,8H,4-6,14H2. The van der Waals surface area contributed by atoms with E-state index in [9.17, 15) is 8.78 Å². The van der Waals surface area contributed by atoms with Crippen LogP contribution in [0.25, 0.3) is 0 Å². The maximum absolute atomic E-state index is 13.3. The number of hydrogen-bond donors (Lipinski definition) is 1. The molecule has 0 aliphatic heterocycles. The van der Waals surface area contributed by atoms with Crippen LogP contribution in [0.1, 0.15) is 12.0 Å². The lowest BCUT2D eigenvalue weighted by Crippen LogP contribution is -2.12. The Hall–Kier alpha value is -0.670. The minimum absolute atomic E-state index is 0.0300. The third-order valence-electron chi connectivity index (χ3n) is 1.95. The molecule has 0 aliphatic carbocycles. The molecule has 0 saturated carbocycles. The van der Waals surface area contributed by atoms with Crippen LogP contribution in [0.5, 0.6) is 0 Å². The molecule has 1 unspecified atom stereocenters. The molecule has 4 heteroatoms. The second-order valence-electron chi connectivity index (χ2n) is 3.09. The lowest BCUT2D eigenvalue weighted by Gasteiger charge is -2.08. The van der Waals surface area contributed by atoms with Gasteiger partial charge in [0.2, 0.25) is 0 Å². The largest absolute Gasteiger partial charge is 0.330 e. The molecule has 1 atom stereocenters. The van der Waals surface area contributed by atoms with Gasteiger partial charge in [0.25, 0.3) is 0 Å². The highest BCUT2D eigenvalue weighted by atomic mass is 35.5. The Kier molecular flexibility index (Phi) is 4.29. The van der Waals surface area contributed by atoms with Crippen molar-refractivity contribution in [3.63, 3.8) is 0 Å². The van der Waals surface area contributed by atoms with Crippen LogP contribution in [0.3, 0.4) is 0 Å². The van der Waals surface area contributed by atoms with Crippen LogP contribution in [0.15, 0.2) is 18.2 Å². The third kappa shape index (κ3) is 2.93. The lowest BCUT2D eigenvalue weighted by molar-refractivity contribution is 0.313. The summed E-state index contributed by atoms with van der Waals surface area (Å²) < 4.78 is 26.4. The van der Waals surface area contributed by atoms with Gasteiger partial charge in [-0.1, -0.05) is 23.7 Å². The zero-order valence-corrected chi connectivity index (χ0v) is 8.40. The highest BCUT2D eigenvalue weighted by Gasteiger charge is 2.11. The molecule has 0 aliphatic rings. The van der Waals surface area contributed by atoms with E-state index in [-0.39, 0.29) is 24.4 Å². The molecule has 0 heterocycles. The van der Waals surface area contributed by atoms with E-state index < -0.39 is 12.0 Å². The fourth-order valence-electron chi connectivity index (χ4n) is 1.23. The molecule has 0 bridgehead atoms. The molecule has 2 N–H and O–H groups in total. The van der Waals surface area contributed by atoms with Gasteiger partial charge in [-0.3, -0.25) is 0 Å². The fourth-order valence-corrected chi connectivity index (χ4v) is 1.42. The number of nitrogens with two attached hydrogens (primary N) is 1. The fraction of sp³-hybridized carbons (Fsp3) is 0.400. The van der Waals surface area contributed by atoms with Crippen molar-refractivity contribution < 1.29 is 8.78 Å². The highest BCUT2D eigenvalue weighted by Crippen LogP contribution is 2.20. The van der Waals surface area contributed by atoms with Crippen LogP contribution in [-0.2, 0) is 6.42 Å². The highest BCUT2D eigenvalue weighted by molar-refractivity contribution is 6.30. The van der Waals surface area contributed by atoms with Gasteiger partial charge in [-0.15, -0.1) is 0 Å². The molecule has 0 saturated heterocycles. The van der Waals surface area contributed by atoms with Crippen molar-refractivity contribution in [3.05, 3.63) is 34.6 Å². The first kappa shape index (κ1) is 11.4. The lowest BCUT2D eigenvalue weighted by atomic mass is 10.1. The molecular weight excluding hydrogens is 208 g/mol. The molecule has 0 spiro atoms. The van der Waals surface area contributed by atoms with Gasteiger partial charge >= 0.3 is 0 Å². The van der Waals surface area contributed by atoms with E-state index in [4.69, 9.17) is 17.3 Å². The van der Waals surface area contributed by atoms with Crippen LogP contribution in [0, 0.1) is 5.82 Å². The predicted molar refractivity (Wildman–Crippen MR) is 53.7 cm³/mol. The second kappa shape index (κ2) is 5.27. The molecule has 0 radical (unpaired) electrons. The average molecular weight is 220 g/mol. The minimum atomic E-state index is -1.10. The molecule has 1 aromatic rings. The van der Waals surface area contributed by atoms with Gasteiger partial charge in [0, 0.05) is 6.42 Å². The first-order valence-corrected chi connectivity index (χ1v) is 4.80. The Morgan fingerprint density at radius 2 is 2.14 bits per heavy atom. The number of benzene rings is 1. The van der Waals surface area contributed by atoms with E-state index in [1.54, 1.807) is 6.07 Å². The van der Waals surface area contributed by atoms with E-state index in [0.29, 0.717) is 5.56 Å². The van der Waals surface area contributed by atoms with Crippen LogP contribution >= 0.6 is 11.6 Å². The van der Waals surface area contributed by atoms with Crippen molar-refractivity contribution in [1.82, 2.24) is 0 Å². The average Bonchev–Trinajstić information content (AvgIpc) is 2.13. The van der Waals surface area contributed by atoms with E-state index in [1.165, 1.54) is 12.1 Å². The van der Waals surface area contributed by atoms with Crippen LogP contribution in [0.4, 0.5) is 8.78 Å². The van der Waals surface area contributed by atoms with Crippen molar-refractivity contribution >= 4 is 11.6 Å². The smallest absolute Gasteiger partial charge is 0.145 e. The van der Waals surface area contributed by atoms with Crippen LogP contribution in [0.2, 0.25) is 5.02 Å². The Labute approximate surface area is 86.9 Å². The van der Waals surface area contributed by atoms with Crippen LogP contribution in [-0.4, -0.2) is 12.7 Å². The Morgan fingerprint density at radius 1 is 1.43 bits per heavy atom. The molecule has 14 heavy (non-hydrogen) atoms. The zero-order chi connectivity index (χ0) is 10.6. The van der Waals surface area contributed by atoms with Crippen molar-refractivity contribution in [3.8, 4) is 0 Å². The maximum atomic E-state index is 13.3. The van der Waals surface area contributed by atoms with Crippen molar-refractivity contribution in [2.24, 2.45) is 5.73 Å². The summed E-state index contributed by atoms with van der Waals surface area (Å²) in [5.41, 5.74) is 5.50. The molecular formula is C10H12ClF2N. The normalized spacial score (nSPS) is 12.9. The van der Waals surface area contributed by atoms with Crippen molar-refractivity contribution in [2.75, 3.05) is 6.54 Å². The van der Waals surface area contributed by atoms with Gasteiger partial charge in [-0.2, -0.15) is 0 Å². The van der Waals surface area contributed by atoms with Crippen molar-refractivity contribution in [1.29, 1.82) is 0 Å². The SMILES string of the molecule is NCCC(F)Cc1cccc(Cl)c1F. The number of hydrogen-bond acceptors (Lipinski definition) is 1. The van der Waals surface area contributed by atoms with Gasteiger partial charge in [0.1, 0.15) is 12.0 Å². The summed E-state index contributed by atoms with van der Waals surface area (Å²) in [6.07, 6.45) is -0.830. The first-order valence-electron chi connectivity index (χ1n) is 4.42. The maximum Gasteiger partial charge on any atom is 0.145 e. The zero-order valence-electron chi connectivity index (χ0n) is 7.64. The summed E-state index contributed by atoms with van der Waals surface area (Å²) in [4.78, 5) is 0. The number of alkyl halides is 1. The summed E-state index contributed by atoms with van der Waals surface area (Å²) in [5.74, 6) is -0.533. The minimum Gasteiger partial charge on any atom is -0.330 e. The van der Waals surface area contributed by atoms with E-state index in [0.717, 1.165) is 0 Å². The Balaban J connectivity index is 2.71. The molecule has 1 nitrogen and oxygen atoms in total. The molecule has 0 aromatic heterocycles. The number of halogens is 3. The summed E-state index contributed by atoms with van der Waals surface area (Å²) in [6.45, 7) is 0.267. The summed E-state index contributed by atoms with van der Waals surface area (Å²) in [6, 6.07) is 4.58. The van der Waals surface area contributed by atoms with Gasteiger partial charge in [0.15, 0.2) is 0 Å². The Morgan fingerprint density at radius 3 is 2.79 bits per heavy atom. The first-order chi connectivity index (χ1) is 6.65. The number of rotatable bonds is 4. The Bertz CT molecular complexity index is 304. The van der Waals surface area contributed by atoms with E-state index >= 15 is 0 Å². The summed E-state index contributed by atoms with van der Waals surface area (Å²) in [5, 5.41) is 0.0300. The summed E-state index contributed by atoms with van der Waals surface area (Å²) >= 11 is 5.55. The van der Waals surface area contributed by atoms with E-state index in [1.807, 2.05) is 0 Å². The van der Waals surface area contributed by atoms with Gasteiger partial charge in [-0.05, 0) is 24.6 Å². The predicted octanol–water partition coefficient (Wildman–Crippen LogP) is 2.71. The van der Waals surface area contributed by atoms with E-state index in [2.05, 4.69) is 0 Å². The van der Waals surface area contributed by atoms with Gasteiger partial charge < -0.3 is 5.73 Å². The molecule has 1 rings (SSSR count). The quantitative estimate of drug-likeness (QED) is 0.828. The van der Waals surface area contributed by atoms with Gasteiger partial charge in [-0.25, -0.2) is 8.78 Å². The molecule has 78 valence electrons. The topological polar surface area (TPSA) is 26.0 Å². The van der Waals surface area contributed by atoms with Crippen molar-refractivity contribution in [2.45, 2.75) is 19.0 Å². The van der Waals surface area contributed by atoms with Gasteiger partial charge in [0.05, 0.1) is 5.02 Å². The molecule has 0 amide bonds. The molecule has 0 fully saturated rings.